The first kappa shape index (κ1) is 87.5. The Bertz CT molecular complexity index is 1860. The standard InChI is InChI=1S/C71H134O17P2/c1-8-10-11-12-13-14-15-16-17-18-21-24-31-40-47-54-70(75)88-67(59-82-69(74)53-46-39-34-33-36-43-50-63(5)6)61-86-90(79,80)84-57-65(72)56-83-89(77,78)85-60-66(58-81-68(73)52-45-38-30-27-26-29-37-44-51-64(7)9-2)87-71(76)55-48-41-32-25-22-19-20-23-28-35-42-49-62(3)4/h14-17,62-67,72H,8-13,18-61H2,1-7H3,(H,77,78)(H,79,80)/b15-14-,17-16-/t64?,65-,66-,67-/m1/s1. The van der Waals surface area contributed by atoms with Gasteiger partial charge in [0.05, 0.1) is 26.4 Å². The van der Waals surface area contributed by atoms with E-state index in [1.807, 2.05) is 0 Å². The van der Waals surface area contributed by atoms with E-state index < -0.39 is 97.5 Å². The number of aliphatic hydroxyl groups is 1. The summed E-state index contributed by atoms with van der Waals surface area (Å²) in [5, 5.41) is 10.6. The van der Waals surface area contributed by atoms with Gasteiger partial charge in [-0.15, -0.1) is 0 Å². The van der Waals surface area contributed by atoms with Crippen LogP contribution in [0.15, 0.2) is 24.3 Å². The van der Waals surface area contributed by atoms with Crippen molar-refractivity contribution in [3.8, 4) is 0 Å². The monoisotopic (exact) mass is 1320 g/mol. The lowest BCUT2D eigenvalue weighted by molar-refractivity contribution is -0.161. The van der Waals surface area contributed by atoms with Gasteiger partial charge in [0.15, 0.2) is 12.2 Å². The molecule has 0 aromatic heterocycles. The van der Waals surface area contributed by atoms with Crippen LogP contribution in [0.1, 0.15) is 331 Å². The number of aliphatic hydroxyl groups excluding tert-OH is 1. The minimum atomic E-state index is -4.96. The summed E-state index contributed by atoms with van der Waals surface area (Å²) in [7, 11) is -9.92. The van der Waals surface area contributed by atoms with Gasteiger partial charge in [0.2, 0.25) is 0 Å². The van der Waals surface area contributed by atoms with Crippen molar-refractivity contribution in [2.75, 3.05) is 39.6 Å². The summed E-state index contributed by atoms with van der Waals surface area (Å²) in [4.78, 5) is 72.5. The number of esters is 4. The van der Waals surface area contributed by atoms with Gasteiger partial charge in [-0.25, -0.2) is 9.13 Å². The van der Waals surface area contributed by atoms with E-state index in [0.717, 1.165) is 121 Å². The van der Waals surface area contributed by atoms with E-state index in [9.17, 15) is 43.2 Å². The molecule has 3 unspecified atom stereocenters. The van der Waals surface area contributed by atoms with Crippen LogP contribution in [0.25, 0.3) is 0 Å². The van der Waals surface area contributed by atoms with Crippen LogP contribution >= 0.6 is 15.6 Å². The van der Waals surface area contributed by atoms with Crippen molar-refractivity contribution in [2.24, 2.45) is 17.8 Å². The van der Waals surface area contributed by atoms with Crippen molar-refractivity contribution in [2.45, 2.75) is 349 Å². The summed E-state index contributed by atoms with van der Waals surface area (Å²) >= 11 is 0. The Morgan fingerprint density at radius 3 is 0.989 bits per heavy atom. The van der Waals surface area contributed by atoms with E-state index in [0.29, 0.717) is 31.6 Å². The van der Waals surface area contributed by atoms with Gasteiger partial charge < -0.3 is 33.8 Å². The van der Waals surface area contributed by atoms with Gasteiger partial charge in [0.25, 0.3) is 0 Å². The molecule has 0 fully saturated rings. The van der Waals surface area contributed by atoms with Crippen LogP contribution in [0.2, 0.25) is 0 Å². The second-order valence-electron chi connectivity index (χ2n) is 26.1. The smallest absolute Gasteiger partial charge is 0.462 e. The zero-order chi connectivity index (χ0) is 66.6. The number of phosphoric ester groups is 2. The average Bonchev–Trinajstić information content (AvgIpc) is 3.50. The molecule has 90 heavy (non-hydrogen) atoms. The van der Waals surface area contributed by atoms with Crippen LogP contribution in [0, 0.1) is 17.8 Å². The molecule has 3 N–H and O–H groups in total. The van der Waals surface area contributed by atoms with Crippen molar-refractivity contribution < 1.29 is 80.2 Å². The molecule has 0 saturated carbocycles. The quantitative estimate of drug-likeness (QED) is 0.0169. The van der Waals surface area contributed by atoms with E-state index in [4.69, 9.17) is 37.0 Å². The molecule has 0 saturated heterocycles. The highest BCUT2D eigenvalue weighted by molar-refractivity contribution is 7.47. The maximum Gasteiger partial charge on any atom is 0.472 e. The molecule has 0 aliphatic rings. The van der Waals surface area contributed by atoms with E-state index in [1.165, 1.54) is 122 Å². The number of carbonyl (C=O) groups is 4. The fourth-order valence-corrected chi connectivity index (χ4v) is 11.7. The molecule has 17 nitrogen and oxygen atoms in total. The van der Waals surface area contributed by atoms with Gasteiger partial charge in [-0.3, -0.25) is 37.3 Å². The molecular weight excluding hydrogens is 1190 g/mol. The molecule has 19 heteroatoms. The fourth-order valence-electron chi connectivity index (χ4n) is 10.1. The molecule has 0 aliphatic heterocycles. The fraction of sp³-hybridized carbons (Fsp3) is 0.887. The minimum Gasteiger partial charge on any atom is -0.462 e. The molecule has 0 bridgehead atoms. The van der Waals surface area contributed by atoms with Gasteiger partial charge in [-0.1, -0.05) is 278 Å². The predicted octanol–water partition coefficient (Wildman–Crippen LogP) is 19.8. The van der Waals surface area contributed by atoms with E-state index in [-0.39, 0.29) is 25.7 Å². The molecule has 0 aliphatic carbocycles. The summed E-state index contributed by atoms with van der Waals surface area (Å²) in [5.41, 5.74) is 0. The van der Waals surface area contributed by atoms with Gasteiger partial charge in [0, 0.05) is 25.7 Å². The highest BCUT2D eigenvalue weighted by Gasteiger charge is 2.30. The molecule has 0 aromatic carbocycles. The second kappa shape index (κ2) is 61.4. The molecule has 530 valence electrons. The number of phosphoric acid groups is 2. The zero-order valence-electron chi connectivity index (χ0n) is 58.1. The van der Waals surface area contributed by atoms with Crippen LogP contribution in [-0.2, 0) is 65.4 Å². The Kier molecular flexibility index (Phi) is 59.7. The Hall–Kier alpha value is -2.46. The maximum absolute atomic E-state index is 13.0. The van der Waals surface area contributed by atoms with Crippen LogP contribution in [0.3, 0.4) is 0 Å². The normalized spacial score (nSPS) is 14.7. The molecule has 0 heterocycles. The van der Waals surface area contributed by atoms with Crippen LogP contribution < -0.4 is 0 Å². The average molecular weight is 1320 g/mol. The number of hydrogen-bond acceptors (Lipinski definition) is 15. The Labute approximate surface area is 548 Å². The van der Waals surface area contributed by atoms with Crippen LogP contribution in [-0.4, -0.2) is 96.7 Å². The van der Waals surface area contributed by atoms with E-state index in [2.05, 4.69) is 72.8 Å². The largest absolute Gasteiger partial charge is 0.472 e. The predicted molar refractivity (Wildman–Crippen MR) is 363 cm³/mol. The van der Waals surface area contributed by atoms with E-state index in [1.54, 1.807) is 0 Å². The van der Waals surface area contributed by atoms with Gasteiger partial charge in [-0.05, 0) is 69.1 Å². The Balaban J connectivity index is 5.29. The summed E-state index contributed by atoms with van der Waals surface area (Å²) in [6.45, 7) is 11.7. The van der Waals surface area contributed by atoms with Crippen molar-refractivity contribution in [1.29, 1.82) is 0 Å². The first-order valence-corrected chi connectivity index (χ1v) is 39.2. The molecule has 6 atom stereocenters. The summed E-state index contributed by atoms with van der Waals surface area (Å²) in [6.07, 6.45) is 48.1. The third-order valence-corrected chi connectivity index (χ3v) is 18.0. The molecule has 0 amide bonds. The van der Waals surface area contributed by atoms with Crippen LogP contribution in [0.5, 0.6) is 0 Å². The minimum absolute atomic E-state index is 0.0835. The van der Waals surface area contributed by atoms with Gasteiger partial charge in [0.1, 0.15) is 19.3 Å². The molecule has 0 rings (SSSR count). The van der Waals surface area contributed by atoms with Crippen LogP contribution in [0.4, 0.5) is 0 Å². The number of allylic oxidation sites excluding steroid dienone is 4. The summed E-state index contributed by atoms with van der Waals surface area (Å²) in [6, 6.07) is 0. The first-order chi connectivity index (χ1) is 43.3. The van der Waals surface area contributed by atoms with E-state index >= 15 is 0 Å². The van der Waals surface area contributed by atoms with Crippen molar-refractivity contribution in [3.05, 3.63) is 24.3 Å². The van der Waals surface area contributed by atoms with Gasteiger partial charge in [-0.2, -0.15) is 0 Å². The lowest BCUT2D eigenvalue weighted by atomic mass is 9.99. The molecule has 0 spiro atoms. The number of rotatable bonds is 67. The zero-order valence-corrected chi connectivity index (χ0v) is 59.9. The topological polar surface area (TPSA) is 237 Å². The van der Waals surface area contributed by atoms with Crippen molar-refractivity contribution in [1.82, 2.24) is 0 Å². The number of unbranched alkanes of at least 4 members (excludes halogenated alkanes) is 31. The number of ether oxygens (including phenoxy) is 4. The molecule has 0 radical (unpaired) electrons. The third kappa shape index (κ3) is 63.0. The molecular formula is C71H134O17P2. The Morgan fingerprint density at radius 2 is 0.656 bits per heavy atom. The highest BCUT2D eigenvalue weighted by atomic mass is 31.2. The third-order valence-electron chi connectivity index (χ3n) is 16.1. The first-order valence-electron chi connectivity index (χ1n) is 36.2. The number of hydrogen-bond donors (Lipinski definition) is 3. The number of carbonyl (C=O) groups excluding carboxylic acids is 4. The van der Waals surface area contributed by atoms with Crippen molar-refractivity contribution >= 4 is 39.5 Å². The SMILES string of the molecule is CCCCCC/C=C\C=C/CCCCCCCC(=O)O[C@H](COC(=O)CCCCCCCCC(C)C)COP(=O)(O)OC[C@H](O)COP(=O)(O)OC[C@@H](COC(=O)CCCCCCCCCCC(C)CC)OC(=O)CCCCCCCCCCCCCC(C)C. The summed E-state index contributed by atoms with van der Waals surface area (Å²) < 4.78 is 68.2. The summed E-state index contributed by atoms with van der Waals surface area (Å²) in [5.74, 6) is 0.0575. The lowest BCUT2D eigenvalue weighted by Gasteiger charge is -2.21. The Morgan fingerprint density at radius 1 is 0.367 bits per heavy atom. The highest BCUT2D eigenvalue weighted by Crippen LogP contribution is 2.45. The maximum atomic E-state index is 13.0. The van der Waals surface area contributed by atoms with Gasteiger partial charge >= 0.3 is 39.5 Å². The lowest BCUT2D eigenvalue weighted by Crippen LogP contribution is -2.30. The second-order valence-corrected chi connectivity index (χ2v) is 29.0. The molecule has 0 aromatic rings. The van der Waals surface area contributed by atoms with Crippen molar-refractivity contribution in [3.63, 3.8) is 0 Å².